The number of H-pyrrole nitrogens is 1. The third kappa shape index (κ3) is 7.68. The van der Waals surface area contributed by atoms with E-state index >= 15 is 0 Å². The van der Waals surface area contributed by atoms with Crippen molar-refractivity contribution in [3.05, 3.63) is 28.3 Å². The van der Waals surface area contributed by atoms with Crippen LogP contribution in [0, 0.1) is 0 Å². The summed E-state index contributed by atoms with van der Waals surface area (Å²) in [5.74, 6) is -3.64. The Bertz CT molecular complexity index is 1750. The molecule has 0 aromatic carbocycles. The molecule has 2 aromatic rings. The highest BCUT2D eigenvalue weighted by Gasteiger charge is 2.50. The number of aromatic amines is 1. The van der Waals surface area contributed by atoms with Crippen LogP contribution in [0.5, 0.6) is 0 Å². The van der Waals surface area contributed by atoms with Crippen LogP contribution in [0.3, 0.4) is 0 Å². The van der Waals surface area contributed by atoms with Crippen molar-refractivity contribution >= 4 is 55.6 Å². The summed E-state index contributed by atoms with van der Waals surface area (Å²) in [6, 6.07) is -1.07. The second-order valence-electron chi connectivity index (χ2n) is 9.96. The molecule has 4 unspecified atom stereocenters. The Kier molecular flexibility index (Phi) is 10.9. The summed E-state index contributed by atoms with van der Waals surface area (Å²) in [7, 11) is -5.23. The van der Waals surface area contributed by atoms with Gasteiger partial charge in [-0.1, -0.05) is 0 Å². The molecule has 7 atom stereocenters. The minimum Gasteiger partial charge on any atom is -0.467 e. The van der Waals surface area contributed by atoms with Crippen LogP contribution in [0.1, 0.15) is 27.0 Å². The maximum absolute atomic E-state index is 13.2. The van der Waals surface area contributed by atoms with Gasteiger partial charge in [-0.2, -0.15) is 9.98 Å². The van der Waals surface area contributed by atoms with Gasteiger partial charge in [-0.05, 0) is 13.6 Å². The van der Waals surface area contributed by atoms with Crippen LogP contribution in [-0.4, -0.2) is 120 Å². The van der Waals surface area contributed by atoms with Gasteiger partial charge in [0.15, 0.2) is 41.7 Å². The number of carbonyl (C=O) groups is 3. The molecule has 262 valence electrons. The molecule has 2 aliphatic heterocycles. The van der Waals surface area contributed by atoms with Gasteiger partial charge in [0.25, 0.3) is 5.56 Å². The van der Waals surface area contributed by atoms with Crippen LogP contribution in [-0.2, 0) is 42.1 Å². The summed E-state index contributed by atoms with van der Waals surface area (Å²) >= 11 is 0. The van der Waals surface area contributed by atoms with Crippen molar-refractivity contribution in [3.63, 3.8) is 0 Å². The average molecular weight is 702 g/mol. The molecule has 8 N–H and O–H groups in total. The first kappa shape index (κ1) is 36.1. The first-order chi connectivity index (χ1) is 22.6. The van der Waals surface area contributed by atoms with Gasteiger partial charge in [0.05, 0.1) is 19.5 Å². The van der Waals surface area contributed by atoms with Crippen molar-refractivity contribution in [2.75, 3.05) is 19.8 Å². The summed E-state index contributed by atoms with van der Waals surface area (Å²) in [5, 5.41) is 20.9. The van der Waals surface area contributed by atoms with Gasteiger partial charge in [0, 0.05) is 20.4 Å². The number of aliphatic hydroxyl groups excluding tert-OH is 2. The predicted molar refractivity (Wildman–Crippen MR) is 158 cm³/mol. The van der Waals surface area contributed by atoms with Gasteiger partial charge in [-0.3, -0.25) is 37.9 Å². The van der Waals surface area contributed by atoms with Crippen molar-refractivity contribution in [1.82, 2.24) is 24.4 Å². The van der Waals surface area contributed by atoms with E-state index in [4.69, 9.17) is 39.5 Å². The third-order valence-corrected chi connectivity index (χ3v) is 7.60. The number of ether oxygens (including phenoxy) is 4. The summed E-state index contributed by atoms with van der Waals surface area (Å²) in [6.45, 7) is 4.92. The number of phosphoric acid groups is 1. The maximum atomic E-state index is 13.2. The number of imidazole rings is 1. The summed E-state index contributed by atoms with van der Waals surface area (Å²) in [6.07, 6.45) is -8.18. The molecular weight excluding hydrogens is 669 g/mol. The molecule has 24 heteroatoms. The SMILES string of the molecule is C=Nc1nc2c(ncn2[C@@H]2O[C@H](COP(=O)(O)OC3C(OC(C)=O)=C(N(CC)C(=O)N=C(N)N)O[C@@H]3CO)C(O)C2OC(C)=O)c(=O)[nH]1. The first-order valence-electron chi connectivity index (χ1n) is 13.8. The number of aromatic nitrogens is 4. The molecule has 48 heavy (non-hydrogen) atoms. The Morgan fingerprint density at radius 3 is 2.54 bits per heavy atom. The summed E-state index contributed by atoms with van der Waals surface area (Å²) in [5.41, 5.74) is 9.65. The standard InChI is InChI=1S/C24H32N9O14P/c1-5-32(24(39)31-22(25)26)21-17(44-10(3)36)15(11(6-34)45-21)47-48(40,41)42-7-12-14(37)16(43-9(2)35)20(46-12)33-8-28-13-18(33)29-23(27-4)30-19(13)38/h8,11-12,14-16,20,34,37H,4-7H2,1-3H3,(H,40,41)(H,29,30,38)(H4,25,26,31,39)/t11-,12-,14?,15?,16?,20-/m1/s1. The van der Waals surface area contributed by atoms with E-state index < -0.39 is 98.9 Å². The number of esters is 2. The van der Waals surface area contributed by atoms with Gasteiger partial charge >= 0.3 is 25.8 Å². The number of aliphatic hydroxyl groups is 2. The highest BCUT2D eigenvalue weighted by molar-refractivity contribution is 7.47. The number of urea groups is 1. The fraction of sp³-hybridized carbons (Fsp3) is 0.500. The van der Waals surface area contributed by atoms with E-state index in [9.17, 15) is 38.8 Å². The number of guanidine groups is 1. The van der Waals surface area contributed by atoms with Crippen LogP contribution in [0.2, 0.25) is 0 Å². The quantitative estimate of drug-likeness (QED) is 0.0602. The normalized spacial score (nSPS) is 24.9. The van der Waals surface area contributed by atoms with Gasteiger partial charge in [-0.25, -0.2) is 19.3 Å². The van der Waals surface area contributed by atoms with E-state index in [1.807, 2.05) is 0 Å². The Morgan fingerprint density at radius 2 is 1.96 bits per heavy atom. The van der Waals surface area contributed by atoms with Crippen molar-refractivity contribution in [2.45, 2.75) is 57.5 Å². The highest BCUT2D eigenvalue weighted by atomic mass is 31.2. The molecule has 4 heterocycles. The smallest absolute Gasteiger partial charge is 0.467 e. The van der Waals surface area contributed by atoms with Gasteiger partial charge < -0.3 is 45.5 Å². The number of amides is 2. The van der Waals surface area contributed by atoms with Crippen molar-refractivity contribution in [3.8, 4) is 0 Å². The second kappa shape index (κ2) is 14.6. The van der Waals surface area contributed by atoms with E-state index in [1.54, 1.807) is 0 Å². The molecule has 1 saturated heterocycles. The zero-order chi connectivity index (χ0) is 35.5. The number of hydrogen-bond acceptors (Lipinski definition) is 16. The van der Waals surface area contributed by atoms with Gasteiger partial charge in [-0.15, -0.1) is 0 Å². The molecule has 0 aliphatic carbocycles. The molecule has 1 fully saturated rings. The predicted octanol–water partition coefficient (Wildman–Crippen LogP) is -2.02. The minimum atomic E-state index is -5.23. The number of rotatable bonds is 12. The van der Waals surface area contributed by atoms with E-state index in [0.29, 0.717) is 0 Å². The molecule has 4 rings (SSSR count). The number of nitrogens with one attached hydrogen (secondary N) is 1. The van der Waals surface area contributed by atoms with E-state index in [2.05, 4.69) is 31.7 Å². The molecule has 0 bridgehead atoms. The Morgan fingerprint density at radius 1 is 1.25 bits per heavy atom. The van der Waals surface area contributed by atoms with Gasteiger partial charge in [0.2, 0.25) is 17.6 Å². The number of aliphatic imine (C=N–C) groups is 2. The molecule has 23 nitrogen and oxygen atoms in total. The lowest BCUT2D eigenvalue weighted by molar-refractivity contribution is -0.155. The molecule has 2 amide bonds. The lowest BCUT2D eigenvalue weighted by Gasteiger charge is -2.23. The number of phosphoric ester groups is 1. The monoisotopic (exact) mass is 701 g/mol. The van der Waals surface area contributed by atoms with Crippen molar-refractivity contribution in [1.29, 1.82) is 0 Å². The summed E-state index contributed by atoms with van der Waals surface area (Å²) < 4.78 is 46.4. The molecular formula is C24H32N9O14P. The zero-order valence-electron chi connectivity index (χ0n) is 25.5. The fourth-order valence-corrected chi connectivity index (χ4v) is 5.62. The van der Waals surface area contributed by atoms with Crippen LogP contribution in [0.4, 0.5) is 10.7 Å². The Hall–Kier alpha value is -4.77. The molecule has 0 radical (unpaired) electrons. The number of nitrogens with two attached hydrogens (primary N) is 2. The number of hydrogen-bond donors (Lipinski definition) is 6. The molecule has 0 saturated carbocycles. The van der Waals surface area contributed by atoms with Gasteiger partial charge in [0.1, 0.15) is 12.2 Å². The maximum Gasteiger partial charge on any atom is 0.473 e. The third-order valence-electron chi connectivity index (χ3n) is 6.63. The summed E-state index contributed by atoms with van der Waals surface area (Å²) in [4.78, 5) is 77.7. The minimum absolute atomic E-state index is 0.0791. The van der Waals surface area contributed by atoms with E-state index in [1.165, 1.54) is 11.5 Å². The van der Waals surface area contributed by atoms with Crippen LogP contribution >= 0.6 is 7.82 Å². The number of fused-ring (bicyclic) bond motifs is 1. The largest absolute Gasteiger partial charge is 0.473 e. The number of nitrogens with zero attached hydrogens (tertiary/aromatic N) is 6. The molecule has 2 aromatic heterocycles. The van der Waals surface area contributed by atoms with E-state index in [-0.39, 0.29) is 23.7 Å². The fourth-order valence-electron chi connectivity index (χ4n) is 4.71. The average Bonchev–Trinajstić information content (AvgIpc) is 3.66. The molecule has 0 spiro atoms. The van der Waals surface area contributed by atoms with Crippen molar-refractivity contribution in [2.24, 2.45) is 21.5 Å². The first-order valence-corrected chi connectivity index (χ1v) is 15.3. The lowest BCUT2D eigenvalue weighted by atomic mass is 10.1. The topological polar surface area (TPSA) is 328 Å². The molecule has 2 aliphatic rings. The van der Waals surface area contributed by atoms with Crippen LogP contribution in [0.25, 0.3) is 11.2 Å². The Labute approximate surface area is 269 Å². The lowest BCUT2D eigenvalue weighted by Crippen LogP contribution is -2.37. The van der Waals surface area contributed by atoms with Crippen molar-refractivity contribution < 1.29 is 62.1 Å². The zero-order valence-corrected chi connectivity index (χ0v) is 26.4. The van der Waals surface area contributed by atoms with Crippen LogP contribution in [0.15, 0.2) is 32.7 Å². The highest BCUT2D eigenvalue weighted by Crippen LogP contribution is 2.49. The van der Waals surface area contributed by atoms with Crippen LogP contribution < -0.4 is 17.0 Å². The second-order valence-corrected chi connectivity index (χ2v) is 11.4. The van der Waals surface area contributed by atoms with E-state index in [0.717, 1.165) is 25.1 Å². The number of carbonyl (C=O) groups excluding carboxylic acids is 3. The Balaban J connectivity index is 1.59.